The molecule has 2 heterocycles. The number of hydrogen-bond acceptors (Lipinski definition) is 5. The van der Waals surface area contributed by atoms with Crippen molar-refractivity contribution in [3.8, 4) is 0 Å². The molecule has 0 saturated carbocycles. The number of benzene rings is 1. The van der Waals surface area contributed by atoms with Crippen LogP contribution in [0, 0.1) is 0 Å². The van der Waals surface area contributed by atoms with Gasteiger partial charge in [-0.15, -0.1) is 0 Å². The second-order valence-corrected chi connectivity index (χ2v) is 4.31. The van der Waals surface area contributed by atoms with Crippen LogP contribution in [-0.2, 0) is 4.79 Å². The molecule has 3 rings (SSSR count). The molecule has 0 spiro atoms. The summed E-state index contributed by atoms with van der Waals surface area (Å²) in [6.07, 6.45) is 0.459. The number of oxazole rings is 1. The van der Waals surface area contributed by atoms with Crippen molar-refractivity contribution in [2.24, 2.45) is 0 Å². The van der Waals surface area contributed by atoms with Gasteiger partial charge < -0.3 is 20.4 Å². The third-order valence-electron chi connectivity index (χ3n) is 2.98. The van der Waals surface area contributed by atoms with E-state index >= 15 is 0 Å². The number of nitrogens with one attached hydrogen (secondary N) is 1. The fraction of sp³-hybridized carbons (Fsp3) is 0.333. The minimum atomic E-state index is 0.0675. The first-order chi connectivity index (χ1) is 8.72. The Bertz CT molecular complexity index is 593. The number of carbonyl (C=O) groups is 1. The van der Waals surface area contributed by atoms with Crippen LogP contribution in [0.25, 0.3) is 11.1 Å². The third kappa shape index (κ3) is 1.97. The van der Waals surface area contributed by atoms with Crippen LogP contribution in [0.3, 0.4) is 0 Å². The van der Waals surface area contributed by atoms with Gasteiger partial charge in [-0.1, -0.05) is 0 Å². The fourth-order valence-corrected chi connectivity index (χ4v) is 2.02. The Morgan fingerprint density at radius 3 is 3.17 bits per heavy atom. The molecular formula is C12H14N4O2. The Hall–Kier alpha value is -2.24. The minimum Gasteiger partial charge on any atom is -0.423 e. The van der Waals surface area contributed by atoms with Crippen molar-refractivity contribution in [2.75, 3.05) is 30.3 Å². The van der Waals surface area contributed by atoms with Crippen LogP contribution in [0.4, 0.5) is 11.7 Å². The summed E-state index contributed by atoms with van der Waals surface area (Å²) in [4.78, 5) is 17.6. The molecule has 1 amide bonds. The second-order valence-electron chi connectivity index (χ2n) is 4.31. The number of anilines is 2. The van der Waals surface area contributed by atoms with Crippen LogP contribution in [0.5, 0.6) is 0 Å². The molecule has 0 unspecified atom stereocenters. The summed E-state index contributed by atoms with van der Waals surface area (Å²) in [7, 11) is 0. The number of aromatic nitrogens is 1. The summed E-state index contributed by atoms with van der Waals surface area (Å²) in [6.45, 7) is 1.93. The van der Waals surface area contributed by atoms with Crippen LogP contribution in [0.2, 0.25) is 0 Å². The van der Waals surface area contributed by atoms with E-state index in [-0.39, 0.29) is 5.91 Å². The van der Waals surface area contributed by atoms with Gasteiger partial charge in [-0.3, -0.25) is 4.79 Å². The zero-order valence-electron chi connectivity index (χ0n) is 9.85. The molecule has 0 atom stereocenters. The topological polar surface area (TPSA) is 84.4 Å². The molecule has 1 fully saturated rings. The van der Waals surface area contributed by atoms with E-state index in [2.05, 4.69) is 10.3 Å². The Balaban J connectivity index is 1.91. The number of carbonyl (C=O) groups excluding carboxylic acids is 1. The molecule has 6 heteroatoms. The van der Waals surface area contributed by atoms with Gasteiger partial charge in [0.15, 0.2) is 5.58 Å². The average molecular weight is 246 g/mol. The first-order valence-electron chi connectivity index (χ1n) is 5.90. The fourth-order valence-electron chi connectivity index (χ4n) is 2.02. The van der Waals surface area contributed by atoms with Crippen molar-refractivity contribution in [1.29, 1.82) is 0 Å². The number of amides is 1. The van der Waals surface area contributed by atoms with E-state index in [1.165, 1.54) is 0 Å². The predicted molar refractivity (Wildman–Crippen MR) is 68.3 cm³/mol. The Morgan fingerprint density at radius 1 is 1.39 bits per heavy atom. The summed E-state index contributed by atoms with van der Waals surface area (Å²) in [5.41, 5.74) is 7.80. The van der Waals surface area contributed by atoms with Gasteiger partial charge in [0.25, 0.3) is 6.01 Å². The molecular weight excluding hydrogens is 232 g/mol. The molecule has 3 N–H and O–H groups in total. The van der Waals surface area contributed by atoms with Crippen molar-refractivity contribution in [2.45, 2.75) is 6.42 Å². The van der Waals surface area contributed by atoms with E-state index in [4.69, 9.17) is 10.2 Å². The number of nitrogen functional groups attached to an aromatic ring is 1. The molecule has 1 saturated heterocycles. The molecule has 94 valence electrons. The zero-order chi connectivity index (χ0) is 12.5. The normalized spacial score (nSPS) is 16.7. The summed E-state index contributed by atoms with van der Waals surface area (Å²) >= 11 is 0. The zero-order valence-corrected chi connectivity index (χ0v) is 9.85. The van der Waals surface area contributed by atoms with E-state index in [1.54, 1.807) is 12.1 Å². The van der Waals surface area contributed by atoms with Crippen molar-refractivity contribution in [3.05, 3.63) is 18.2 Å². The van der Waals surface area contributed by atoms with Gasteiger partial charge in [-0.05, 0) is 12.1 Å². The van der Waals surface area contributed by atoms with Gasteiger partial charge in [0, 0.05) is 37.8 Å². The molecule has 0 bridgehead atoms. The molecule has 1 aliphatic rings. The quantitative estimate of drug-likeness (QED) is 0.725. The first-order valence-corrected chi connectivity index (χ1v) is 5.90. The number of nitrogens with two attached hydrogens (primary N) is 1. The van der Waals surface area contributed by atoms with Crippen molar-refractivity contribution >= 4 is 28.7 Å². The highest BCUT2D eigenvalue weighted by atomic mass is 16.4. The summed E-state index contributed by atoms with van der Waals surface area (Å²) in [5.74, 6) is 0.0675. The van der Waals surface area contributed by atoms with E-state index in [9.17, 15) is 4.79 Å². The van der Waals surface area contributed by atoms with Gasteiger partial charge in [0.2, 0.25) is 5.91 Å². The van der Waals surface area contributed by atoms with Crippen molar-refractivity contribution < 1.29 is 9.21 Å². The lowest BCUT2D eigenvalue weighted by Gasteiger charge is -2.15. The molecule has 1 aromatic carbocycles. The number of nitrogens with zero attached hydrogens (tertiary/aromatic N) is 2. The summed E-state index contributed by atoms with van der Waals surface area (Å²) in [5, 5.41) is 2.82. The number of fused-ring (bicyclic) bond motifs is 1. The van der Waals surface area contributed by atoms with Crippen LogP contribution in [0.15, 0.2) is 22.6 Å². The van der Waals surface area contributed by atoms with E-state index in [0.29, 0.717) is 43.3 Å². The minimum absolute atomic E-state index is 0.0675. The van der Waals surface area contributed by atoms with Gasteiger partial charge in [0.1, 0.15) is 5.52 Å². The van der Waals surface area contributed by atoms with Crippen LogP contribution in [0.1, 0.15) is 6.42 Å². The smallest absolute Gasteiger partial charge is 0.298 e. The maximum absolute atomic E-state index is 11.3. The maximum atomic E-state index is 11.3. The number of hydrogen-bond donors (Lipinski definition) is 2. The monoisotopic (exact) mass is 246 g/mol. The first kappa shape index (κ1) is 10.9. The van der Waals surface area contributed by atoms with E-state index in [1.807, 2.05) is 11.0 Å². The largest absolute Gasteiger partial charge is 0.423 e. The maximum Gasteiger partial charge on any atom is 0.298 e. The Labute approximate surface area is 104 Å². The standard InChI is InChI=1S/C12H14N4O2/c13-8-1-2-9-10(7-8)18-12(15-9)16-5-3-11(17)14-4-6-16/h1-2,7H,3-6,13H2,(H,14,17). The Morgan fingerprint density at radius 2 is 2.28 bits per heavy atom. The molecule has 0 aliphatic carbocycles. The molecule has 18 heavy (non-hydrogen) atoms. The van der Waals surface area contributed by atoms with Gasteiger partial charge in [0.05, 0.1) is 0 Å². The molecule has 2 aromatic rings. The predicted octanol–water partition coefficient (Wildman–Crippen LogP) is 0.736. The van der Waals surface area contributed by atoms with Crippen molar-refractivity contribution in [3.63, 3.8) is 0 Å². The van der Waals surface area contributed by atoms with Gasteiger partial charge in [-0.2, -0.15) is 4.98 Å². The molecule has 1 aliphatic heterocycles. The van der Waals surface area contributed by atoms with Crippen LogP contribution < -0.4 is 16.0 Å². The highest BCUT2D eigenvalue weighted by Crippen LogP contribution is 2.24. The second kappa shape index (κ2) is 4.21. The average Bonchev–Trinajstić information content (AvgIpc) is 2.63. The van der Waals surface area contributed by atoms with Gasteiger partial charge >= 0.3 is 0 Å². The summed E-state index contributed by atoms with van der Waals surface area (Å²) < 4.78 is 5.67. The highest BCUT2D eigenvalue weighted by Gasteiger charge is 2.18. The lowest BCUT2D eigenvalue weighted by molar-refractivity contribution is -0.120. The molecule has 0 radical (unpaired) electrons. The highest BCUT2D eigenvalue weighted by molar-refractivity contribution is 5.79. The molecule has 6 nitrogen and oxygen atoms in total. The number of rotatable bonds is 1. The third-order valence-corrected chi connectivity index (χ3v) is 2.98. The van der Waals surface area contributed by atoms with Crippen LogP contribution in [-0.4, -0.2) is 30.5 Å². The molecule has 1 aromatic heterocycles. The Kier molecular flexibility index (Phi) is 2.55. The lowest BCUT2D eigenvalue weighted by atomic mass is 10.3. The van der Waals surface area contributed by atoms with E-state index in [0.717, 1.165) is 5.52 Å². The van der Waals surface area contributed by atoms with Gasteiger partial charge in [-0.25, -0.2) is 0 Å². The van der Waals surface area contributed by atoms with Crippen molar-refractivity contribution in [1.82, 2.24) is 10.3 Å². The summed E-state index contributed by atoms with van der Waals surface area (Å²) in [6, 6.07) is 5.93. The van der Waals surface area contributed by atoms with E-state index < -0.39 is 0 Å². The van der Waals surface area contributed by atoms with Crippen LogP contribution >= 0.6 is 0 Å². The SMILES string of the molecule is Nc1ccc2nc(N3CCNC(=O)CC3)oc2c1. The lowest BCUT2D eigenvalue weighted by Crippen LogP contribution is -2.28.